The zero-order valence-corrected chi connectivity index (χ0v) is 9.28. The number of benzene rings is 2. The van der Waals surface area contributed by atoms with E-state index in [1.807, 2.05) is 18.2 Å². The van der Waals surface area contributed by atoms with Crippen LogP contribution in [0.25, 0.3) is 10.8 Å². The Morgan fingerprint density at radius 1 is 1.06 bits per heavy atom. The minimum atomic E-state index is -3.75. The normalized spacial score (nSPS) is 11.2. The van der Waals surface area contributed by atoms with Crippen LogP contribution in [0.1, 0.15) is 0 Å². The van der Waals surface area contributed by atoms with Gasteiger partial charge in [0.15, 0.2) is 0 Å². The summed E-state index contributed by atoms with van der Waals surface area (Å²) in [6.45, 7) is 3.25. The molecule has 0 atom stereocenters. The Balaban J connectivity index is 2.75. The molecule has 0 unspecified atom stereocenters. The number of hydrogen-bond acceptors (Lipinski definition) is 3. The van der Waals surface area contributed by atoms with Crippen molar-refractivity contribution in [2.75, 3.05) is 0 Å². The third-order valence-electron chi connectivity index (χ3n) is 2.21. The van der Waals surface area contributed by atoms with E-state index in [0.717, 1.165) is 11.6 Å². The van der Waals surface area contributed by atoms with Crippen molar-refractivity contribution >= 4 is 20.9 Å². The van der Waals surface area contributed by atoms with Crippen molar-refractivity contribution in [1.29, 1.82) is 0 Å². The number of rotatable bonds is 3. The van der Waals surface area contributed by atoms with Crippen molar-refractivity contribution in [2.45, 2.75) is 4.90 Å². The average molecular weight is 234 g/mol. The molecule has 0 aliphatic carbocycles. The van der Waals surface area contributed by atoms with E-state index in [1.54, 1.807) is 18.2 Å². The first-order chi connectivity index (χ1) is 7.65. The van der Waals surface area contributed by atoms with Crippen LogP contribution < -0.4 is 0 Å². The van der Waals surface area contributed by atoms with Crippen LogP contribution in [0.15, 0.2) is 60.2 Å². The molecule has 0 bridgehead atoms. The first-order valence-corrected chi connectivity index (χ1v) is 6.08. The fourth-order valence-corrected chi connectivity index (χ4v) is 2.54. The van der Waals surface area contributed by atoms with Crippen LogP contribution in [-0.4, -0.2) is 8.42 Å². The highest BCUT2D eigenvalue weighted by Crippen LogP contribution is 2.24. The van der Waals surface area contributed by atoms with Crippen molar-refractivity contribution in [3.8, 4) is 0 Å². The minimum absolute atomic E-state index is 0.158. The van der Waals surface area contributed by atoms with Gasteiger partial charge in [-0.1, -0.05) is 43.0 Å². The molecule has 0 saturated carbocycles. The van der Waals surface area contributed by atoms with E-state index in [1.165, 1.54) is 6.07 Å². The fraction of sp³-hybridized carbons (Fsp3) is 0. The zero-order valence-electron chi connectivity index (χ0n) is 8.46. The lowest BCUT2D eigenvalue weighted by Gasteiger charge is -2.06. The summed E-state index contributed by atoms with van der Waals surface area (Å²) in [5, 5.41) is 1.50. The summed E-state index contributed by atoms with van der Waals surface area (Å²) in [6, 6.07) is 12.3. The highest BCUT2D eigenvalue weighted by Gasteiger charge is 2.16. The van der Waals surface area contributed by atoms with E-state index >= 15 is 0 Å². The summed E-state index contributed by atoms with van der Waals surface area (Å²) in [4.78, 5) is 0.158. The first kappa shape index (κ1) is 10.7. The molecule has 16 heavy (non-hydrogen) atoms. The molecule has 0 amide bonds. The van der Waals surface area contributed by atoms with Crippen molar-refractivity contribution in [2.24, 2.45) is 0 Å². The molecule has 4 heteroatoms. The summed E-state index contributed by atoms with van der Waals surface area (Å²) in [5.74, 6) is 0. The number of hydrogen-bond donors (Lipinski definition) is 0. The molecule has 0 aliphatic heterocycles. The Morgan fingerprint density at radius 2 is 1.75 bits per heavy atom. The Morgan fingerprint density at radius 3 is 2.50 bits per heavy atom. The number of fused-ring (bicyclic) bond motifs is 1. The van der Waals surface area contributed by atoms with E-state index < -0.39 is 10.1 Å². The Hall–Kier alpha value is -1.81. The molecule has 0 heterocycles. The quantitative estimate of drug-likeness (QED) is 0.605. The van der Waals surface area contributed by atoms with Gasteiger partial charge in [-0.2, -0.15) is 8.42 Å². The molecular weight excluding hydrogens is 224 g/mol. The molecule has 3 nitrogen and oxygen atoms in total. The maximum Gasteiger partial charge on any atom is 0.339 e. The maximum atomic E-state index is 11.8. The lowest BCUT2D eigenvalue weighted by Crippen LogP contribution is -2.02. The summed E-state index contributed by atoms with van der Waals surface area (Å²) < 4.78 is 28.1. The molecule has 2 aromatic rings. The van der Waals surface area contributed by atoms with Gasteiger partial charge in [0, 0.05) is 5.39 Å². The van der Waals surface area contributed by atoms with Crippen LogP contribution in [0.4, 0.5) is 0 Å². The van der Waals surface area contributed by atoms with Gasteiger partial charge in [-0.25, -0.2) is 0 Å². The highest BCUT2D eigenvalue weighted by molar-refractivity contribution is 7.87. The van der Waals surface area contributed by atoms with E-state index in [-0.39, 0.29) is 4.90 Å². The van der Waals surface area contributed by atoms with Gasteiger partial charge >= 0.3 is 10.1 Å². The van der Waals surface area contributed by atoms with Crippen LogP contribution in [-0.2, 0) is 14.3 Å². The lowest BCUT2D eigenvalue weighted by atomic mass is 10.1. The van der Waals surface area contributed by atoms with E-state index in [9.17, 15) is 8.42 Å². The molecule has 0 radical (unpaired) electrons. The van der Waals surface area contributed by atoms with Crippen LogP contribution >= 0.6 is 0 Å². The average Bonchev–Trinajstić information content (AvgIpc) is 2.28. The van der Waals surface area contributed by atoms with Gasteiger partial charge in [-0.3, -0.25) is 0 Å². The van der Waals surface area contributed by atoms with Crippen LogP contribution in [0, 0.1) is 0 Å². The van der Waals surface area contributed by atoms with Crippen LogP contribution in [0.5, 0.6) is 0 Å². The van der Waals surface area contributed by atoms with E-state index in [0.29, 0.717) is 5.39 Å². The van der Waals surface area contributed by atoms with E-state index in [2.05, 4.69) is 10.8 Å². The van der Waals surface area contributed by atoms with Gasteiger partial charge in [0.25, 0.3) is 0 Å². The minimum Gasteiger partial charge on any atom is -0.388 e. The third kappa shape index (κ3) is 1.79. The van der Waals surface area contributed by atoms with Crippen molar-refractivity contribution in [3.05, 3.63) is 55.3 Å². The smallest absolute Gasteiger partial charge is 0.339 e. The van der Waals surface area contributed by atoms with Crippen molar-refractivity contribution in [3.63, 3.8) is 0 Å². The molecule has 0 aromatic heterocycles. The van der Waals surface area contributed by atoms with Gasteiger partial charge in [0.2, 0.25) is 0 Å². The molecule has 0 fully saturated rings. The summed E-state index contributed by atoms with van der Waals surface area (Å²) in [5.41, 5.74) is 0. The van der Waals surface area contributed by atoms with Gasteiger partial charge in [0.05, 0.1) is 6.26 Å². The summed E-state index contributed by atoms with van der Waals surface area (Å²) >= 11 is 0. The molecule has 0 saturated heterocycles. The van der Waals surface area contributed by atoms with Crippen molar-refractivity contribution < 1.29 is 12.6 Å². The second-order valence-electron chi connectivity index (χ2n) is 3.19. The van der Waals surface area contributed by atoms with Crippen LogP contribution in [0.2, 0.25) is 0 Å². The second kappa shape index (κ2) is 3.98. The molecule has 0 spiro atoms. The molecule has 2 aromatic carbocycles. The second-order valence-corrected chi connectivity index (χ2v) is 4.73. The van der Waals surface area contributed by atoms with Gasteiger partial charge in [0.1, 0.15) is 4.90 Å². The zero-order chi connectivity index (χ0) is 11.6. The Labute approximate surface area is 94.1 Å². The predicted molar refractivity (Wildman–Crippen MR) is 62.4 cm³/mol. The Bertz CT molecular complexity index is 624. The highest BCUT2D eigenvalue weighted by atomic mass is 32.2. The Kier molecular flexibility index (Phi) is 2.66. The van der Waals surface area contributed by atoms with Gasteiger partial charge in [-0.15, -0.1) is 0 Å². The SMILES string of the molecule is C=COS(=O)(=O)c1cccc2ccccc12. The predicted octanol–water partition coefficient (Wildman–Crippen LogP) is 2.69. The van der Waals surface area contributed by atoms with Crippen LogP contribution in [0.3, 0.4) is 0 Å². The molecule has 0 N–H and O–H groups in total. The summed E-state index contributed by atoms with van der Waals surface area (Å²) in [7, 11) is -3.75. The first-order valence-electron chi connectivity index (χ1n) is 4.67. The standard InChI is InChI=1S/C12H10O3S/c1-2-15-16(13,14)12-9-5-7-10-6-3-4-8-11(10)12/h2-9H,1H2. The van der Waals surface area contributed by atoms with Gasteiger partial charge < -0.3 is 4.18 Å². The maximum absolute atomic E-state index is 11.8. The summed E-state index contributed by atoms with van der Waals surface area (Å²) in [6.07, 6.45) is 0.914. The van der Waals surface area contributed by atoms with Gasteiger partial charge in [-0.05, 0) is 11.5 Å². The third-order valence-corrected chi connectivity index (χ3v) is 3.50. The topological polar surface area (TPSA) is 43.4 Å². The monoisotopic (exact) mass is 234 g/mol. The molecule has 82 valence electrons. The molecular formula is C12H10O3S. The molecule has 2 rings (SSSR count). The molecule has 0 aliphatic rings. The largest absolute Gasteiger partial charge is 0.388 e. The van der Waals surface area contributed by atoms with E-state index in [4.69, 9.17) is 0 Å². The lowest BCUT2D eigenvalue weighted by molar-refractivity contribution is 0.445. The fourth-order valence-electron chi connectivity index (χ4n) is 1.56. The van der Waals surface area contributed by atoms with Crippen molar-refractivity contribution in [1.82, 2.24) is 0 Å².